The van der Waals surface area contributed by atoms with Crippen LogP contribution in [0.3, 0.4) is 0 Å². The second-order valence-corrected chi connectivity index (χ2v) is 5.95. The van der Waals surface area contributed by atoms with Crippen molar-refractivity contribution in [2.75, 3.05) is 37.3 Å². The summed E-state index contributed by atoms with van der Waals surface area (Å²) < 4.78 is 37.3. The van der Waals surface area contributed by atoms with Gasteiger partial charge < -0.3 is 9.80 Å². The SMILES string of the molecule is CSC(=Nc1ccc(N2CCN(C(=O)C(F)(F)F)CC2)cc1)NC#N. The molecule has 1 saturated heterocycles. The van der Waals surface area contributed by atoms with Crippen molar-refractivity contribution in [3.8, 4) is 6.19 Å². The molecular formula is C15H16F3N5OS. The maximum Gasteiger partial charge on any atom is 0.471 e. The Balaban J connectivity index is 1.98. The van der Waals surface area contributed by atoms with Crippen LogP contribution < -0.4 is 10.2 Å². The lowest BCUT2D eigenvalue weighted by Gasteiger charge is -2.36. The average Bonchev–Trinajstić information content (AvgIpc) is 2.60. The van der Waals surface area contributed by atoms with Gasteiger partial charge in [-0.1, -0.05) is 11.8 Å². The molecule has 25 heavy (non-hydrogen) atoms. The van der Waals surface area contributed by atoms with Gasteiger partial charge in [-0.25, -0.2) is 4.99 Å². The quantitative estimate of drug-likeness (QED) is 0.374. The number of nitriles is 1. The molecule has 2 rings (SSSR count). The fraction of sp³-hybridized carbons (Fsp3) is 0.400. The number of rotatable bonds is 2. The Hall–Kier alpha value is -2.41. The highest BCUT2D eigenvalue weighted by atomic mass is 32.2. The number of carbonyl (C=O) groups is 1. The molecule has 0 aliphatic carbocycles. The van der Waals surface area contributed by atoms with Crippen LogP contribution >= 0.6 is 11.8 Å². The normalized spacial score (nSPS) is 15.7. The molecular weight excluding hydrogens is 355 g/mol. The van der Waals surface area contributed by atoms with Gasteiger partial charge in [-0.2, -0.15) is 18.4 Å². The van der Waals surface area contributed by atoms with E-state index in [4.69, 9.17) is 5.26 Å². The maximum atomic E-state index is 12.4. The van der Waals surface area contributed by atoms with Crippen LogP contribution in [0.4, 0.5) is 24.5 Å². The largest absolute Gasteiger partial charge is 0.471 e. The number of amides is 1. The monoisotopic (exact) mass is 371 g/mol. The van der Waals surface area contributed by atoms with Crippen LogP contribution in [-0.2, 0) is 4.79 Å². The molecule has 6 nitrogen and oxygen atoms in total. The average molecular weight is 371 g/mol. The molecule has 1 fully saturated rings. The van der Waals surface area contributed by atoms with Crippen LogP contribution in [-0.4, -0.2) is 54.6 Å². The topological polar surface area (TPSA) is 71.7 Å². The molecule has 1 aromatic rings. The van der Waals surface area contributed by atoms with E-state index in [0.717, 1.165) is 10.6 Å². The number of aliphatic imine (C=N–C) groups is 1. The van der Waals surface area contributed by atoms with E-state index in [2.05, 4.69) is 10.3 Å². The van der Waals surface area contributed by atoms with Crippen molar-refractivity contribution in [2.45, 2.75) is 6.18 Å². The first kappa shape index (κ1) is 18.9. The number of nitrogens with zero attached hydrogens (tertiary/aromatic N) is 4. The number of carbonyl (C=O) groups excluding carboxylic acids is 1. The molecule has 1 amide bonds. The van der Waals surface area contributed by atoms with Gasteiger partial charge in [-0.05, 0) is 30.5 Å². The lowest BCUT2D eigenvalue weighted by Crippen LogP contribution is -2.52. The van der Waals surface area contributed by atoms with Crippen LogP contribution in [0.25, 0.3) is 0 Å². The van der Waals surface area contributed by atoms with Crippen molar-refractivity contribution in [2.24, 2.45) is 4.99 Å². The van der Waals surface area contributed by atoms with Crippen molar-refractivity contribution < 1.29 is 18.0 Å². The minimum absolute atomic E-state index is 0.0287. The summed E-state index contributed by atoms with van der Waals surface area (Å²) in [6.45, 7) is 0.717. The zero-order valence-electron chi connectivity index (χ0n) is 13.4. The predicted octanol–water partition coefficient (Wildman–Crippen LogP) is 2.32. The first-order chi connectivity index (χ1) is 11.8. The summed E-state index contributed by atoms with van der Waals surface area (Å²) >= 11 is 1.30. The number of nitrogens with one attached hydrogen (secondary N) is 1. The summed E-state index contributed by atoms with van der Waals surface area (Å²) in [6, 6.07) is 7.14. The lowest BCUT2D eigenvalue weighted by atomic mass is 10.2. The number of anilines is 1. The van der Waals surface area contributed by atoms with Crippen molar-refractivity contribution in [1.29, 1.82) is 5.26 Å². The third-order valence-corrected chi connectivity index (χ3v) is 4.19. The summed E-state index contributed by atoms with van der Waals surface area (Å²) in [7, 11) is 0. The van der Waals surface area contributed by atoms with Crippen molar-refractivity contribution in [1.82, 2.24) is 10.2 Å². The molecule has 1 aliphatic rings. The number of halogens is 3. The fourth-order valence-corrected chi connectivity index (χ4v) is 2.72. The summed E-state index contributed by atoms with van der Waals surface area (Å²) in [6.07, 6.45) is -1.23. The zero-order chi connectivity index (χ0) is 18.4. The minimum atomic E-state index is -4.83. The number of piperazine rings is 1. The van der Waals surface area contributed by atoms with E-state index in [1.807, 2.05) is 17.0 Å². The first-order valence-electron chi connectivity index (χ1n) is 7.34. The van der Waals surface area contributed by atoms with Gasteiger partial charge in [0.1, 0.15) is 0 Å². The molecule has 0 radical (unpaired) electrons. The molecule has 1 N–H and O–H groups in total. The molecule has 0 atom stereocenters. The third-order valence-electron chi connectivity index (χ3n) is 3.61. The second kappa shape index (κ2) is 8.11. The van der Waals surface area contributed by atoms with Gasteiger partial charge in [0, 0.05) is 31.9 Å². The zero-order valence-corrected chi connectivity index (χ0v) is 14.2. The van der Waals surface area contributed by atoms with Gasteiger partial charge in [0.25, 0.3) is 0 Å². The van der Waals surface area contributed by atoms with Gasteiger partial charge >= 0.3 is 12.1 Å². The molecule has 0 aromatic heterocycles. The van der Waals surface area contributed by atoms with E-state index in [1.54, 1.807) is 24.6 Å². The summed E-state index contributed by atoms with van der Waals surface area (Å²) in [5, 5.41) is 11.5. The van der Waals surface area contributed by atoms with Crippen LogP contribution in [0.2, 0.25) is 0 Å². The Morgan fingerprint density at radius 3 is 2.32 bits per heavy atom. The van der Waals surface area contributed by atoms with E-state index >= 15 is 0 Å². The Morgan fingerprint density at radius 1 is 1.24 bits per heavy atom. The molecule has 1 aliphatic heterocycles. The number of alkyl halides is 3. The Morgan fingerprint density at radius 2 is 1.84 bits per heavy atom. The van der Waals surface area contributed by atoms with Gasteiger partial charge in [0.15, 0.2) is 11.4 Å². The first-order valence-corrected chi connectivity index (χ1v) is 8.56. The summed E-state index contributed by atoms with van der Waals surface area (Å²) in [5.41, 5.74) is 1.50. The standard InChI is InChI=1S/C15H16F3N5OS/c1-25-14(20-10-19)21-11-2-4-12(5-3-11)22-6-8-23(9-7-22)13(24)15(16,17)18/h2-5H,6-9H2,1H3,(H,20,21). The van der Waals surface area contributed by atoms with Gasteiger partial charge in [-0.3, -0.25) is 10.1 Å². The van der Waals surface area contributed by atoms with Crippen LogP contribution in [0.15, 0.2) is 29.3 Å². The smallest absolute Gasteiger partial charge is 0.368 e. The van der Waals surface area contributed by atoms with E-state index in [0.29, 0.717) is 23.9 Å². The van der Waals surface area contributed by atoms with E-state index in [1.165, 1.54) is 11.8 Å². The van der Waals surface area contributed by atoms with Crippen molar-refractivity contribution in [3.63, 3.8) is 0 Å². The highest BCUT2D eigenvalue weighted by Gasteiger charge is 2.43. The molecule has 0 saturated carbocycles. The maximum absolute atomic E-state index is 12.4. The lowest BCUT2D eigenvalue weighted by molar-refractivity contribution is -0.185. The predicted molar refractivity (Wildman–Crippen MR) is 90.6 cm³/mol. The fourth-order valence-electron chi connectivity index (χ4n) is 2.37. The Labute approximate surface area is 147 Å². The number of amidine groups is 1. The van der Waals surface area contributed by atoms with Crippen molar-refractivity contribution >= 4 is 34.2 Å². The number of hydrogen-bond acceptors (Lipinski definition) is 5. The van der Waals surface area contributed by atoms with Crippen LogP contribution in [0.1, 0.15) is 0 Å². The second-order valence-electron chi connectivity index (χ2n) is 5.15. The van der Waals surface area contributed by atoms with E-state index in [-0.39, 0.29) is 13.1 Å². The van der Waals surface area contributed by atoms with Gasteiger partial charge in [-0.15, -0.1) is 0 Å². The molecule has 1 aromatic carbocycles. The summed E-state index contributed by atoms with van der Waals surface area (Å²) in [4.78, 5) is 18.2. The van der Waals surface area contributed by atoms with Crippen LogP contribution in [0, 0.1) is 11.5 Å². The van der Waals surface area contributed by atoms with Crippen LogP contribution in [0.5, 0.6) is 0 Å². The molecule has 0 spiro atoms. The van der Waals surface area contributed by atoms with Gasteiger partial charge in [0.05, 0.1) is 5.69 Å². The Kier molecular flexibility index (Phi) is 6.14. The Bertz CT molecular complexity index is 676. The molecule has 0 unspecified atom stereocenters. The third kappa shape index (κ3) is 5.03. The minimum Gasteiger partial charge on any atom is -0.368 e. The van der Waals surface area contributed by atoms with E-state index in [9.17, 15) is 18.0 Å². The molecule has 134 valence electrons. The van der Waals surface area contributed by atoms with Gasteiger partial charge in [0.2, 0.25) is 0 Å². The molecule has 0 bridgehead atoms. The highest BCUT2D eigenvalue weighted by molar-refractivity contribution is 8.13. The molecule has 1 heterocycles. The molecule has 10 heteroatoms. The van der Waals surface area contributed by atoms with Crippen molar-refractivity contribution in [3.05, 3.63) is 24.3 Å². The number of thioether (sulfide) groups is 1. The van der Waals surface area contributed by atoms with E-state index < -0.39 is 12.1 Å². The number of hydrogen-bond donors (Lipinski definition) is 1. The number of benzene rings is 1. The summed E-state index contributed by atoms with van der Waals surface area (Å²) in [5.74, 6) is -1.79. The highest BCUT2D eigenvalue weighted by Crippen LogP contribution is 2.24.